The molecule has 0 atom stereocenters. The molecule has 4 heteroatoms. The third-order valence-electron chi connectivity index (χ3n) is 1.75. The van der Waals surface area contributed by atoms with Gasteiger partial charge in [0.25, 0.3) is 0 Å². The summed E-state index contributed by atoms with van der Waals surface area (Å²) in [5, 5.41) is 4.77. The van der Waals surface area contributed by atoms with Gasteiger partial charge in [-0.15, -0.1) is 0 Å². The second-order valence-corrected chi connectivity index (χ2v) is 3.42. The Morgan fingerprint density at radius 3 is 2.73 bits per heavy atom. The summed E-state index contributed by atoms with van der Waals surface area (Å²) in [5.41, 5.74) is 1.37. The fourth-order valence-electron chi connectivity index (χ4n) is 1.08. The number of aromatic nitrogens is 3. The molecule has 0 unspecified atom stereocenters. The molecule has 0 fully saturated rings. The number of rotatable bonds is 0. The number of aryl methyl sites for hydroxylation is 1. The van der Waals surface area contributed by atoms with Crippen molar-refractivity contribution in [1.82, 2.24) is 14.8 Å². The summed E-state index contributed by atoms with van der Waals surface area (Å²) in [6.07, 6.45) is 3.47. The van der Waals surface area contributed by atoms with Crippen LogP contribution in [0.1, 0.15) is 11.4 Å². The third-order valence-corrected chi connectivity index (χ3v) is 1.99. The minimum absolute atomic E-state index is 0.635. The van der Waals surface area contributed by atoms with Gasteiger partial charge in [-0.3, -0.25) is 4.68 Å². The standard InChI is InChI=1S/C11H8ClN3/c1-15-7-5-10(14-15)2-3-11-8-9(12)4-6-13-11/h4-8H,1H3. The van der Waals surface area contributed by atoms with Crippen molar-refractivity contribution in [3.8, 4) is 11.8 Å². The SMILES string of the molecule is Cn1ccc(C#Cc2cc(Cl)ccn2)n1. The zero-order valence-corrected chi connectivity index (χ0v) is 8.86. The summed E-state index contributed by atoms with van der Waals surface area (Å²) < 4.78 is 1.70. The van der Waals surface area contributed by atoms with E-state index in [0.717, 1.165) is 5.69 Å². The van der Waals surface area contributed by atoms with Crippen LogP contribution in [0.4, 0.5) is 0 Å². The summed E-state index contributed by atoms with van der Waals surface area (Å²) in [6.45, 7) is 0. The lowest BCUT2D eigenvalue weighted by Crippen LogP contribution is -1.87. The van der Waals surface area contributed by atoms with Crippen molar-refractivity contribution in [3.05, 3.63) is 47.0 Å². The average molecular weight is 218 g/mol. The summed E-state index contributed by atoms with van der Waals surface area (Å²) in [6, 6.07) is 5.28. The first-order chi connectivity index (χ1) is 7.24. The van der Waals surface area contributed by atoms with Gasteiger partial charge in [-0.1, -0.05) is 11.6 Å². The van der Waals surface area contributed by atoms with Crippen LogP contribution in [0.3, 0.4) is 0 Å². The van der Waals surface area contributed by atoms with Gasteiger partial charge in [0, 0.05) is 24.5 Å². The summed E-state index contributed by atoms with van der Waals surface area (Å²) in [5.74, 6) is 5.80. The van der Waals surface area contributed by atoms with Crippen LogP contribution in [-0.4, -0.2) is 14.8 Å². The lowest BCUT2D eigenvalue weighted by Gasteiger charge is -1.89. The highest BCUT2D eigenvalue weighted by Gasteiger charge is 1.92. The second kappa shape index (κ2) is 4.16. The molecule has 0 aromatic carbocycles. The molecule has 15 heavy (non-hydrogen) atoms. The van der Waals surface area contributed by atoms with E-state index in [9.17, 15) is 0 Å². The van der Waals surface area contributed by atoms with Crippen LogP contribution in [0, 0.1) is 11.8 Å². The van der Waals surface area contributed by atoms with Crippen LogP contribution in [0.15, 0.2) is 30.6 Å². The lowest BCUT2D eigenvalue weighted by molar-refractivity contribution is 0.764. The third kappa shape index (κ3) is 2.58. The van der Waals surface area contributed by atoms with E-state index in [1.807, 2.05) is 19.3 Å². The molecule has 2 aromatic heterocycles. The molecule has 2 rings (SSSR count). The van der Waals surface area contributed by atoms with Gasteiger partial charge in [-0.25, -0.2) is 4.98 Å². The van der Waals surface area contributed by atoms with Crippen LogP contribution in [0.5, 0.6) is 0 Å². The Morgan fingerprint density at radius 1 is 1.27 bits per heavy atom. The first-order valence-electron chi connectivity index (χ1n) is 4.37. The zero-order chi connectivity index (χ0) is 10.7. The Balaban J connectivity index is 2.25. The van der Waals surface area contributed by atoms with Crippen LogP contribution in [0.25, 0.3) is 0 Å². The van der Waals surface area contributed by atoms with Gasteiger partial charge < -0.3 is 0 Å². The highest BCUT2D eigenvalue weighted by Crippen LogP contribution is 2.06. The Bertz CT molecular complexity index is 534. The predicted octanol–water partition coefficient (Wildman–Crippen LogP) is 1.87. The molecular weight excluding hydrogens is 210 g/mol. The van der Waals surface area contributed by atoms with E-state index in [1.165, 1.54) is 0 Å². The fourth-order valence-corrected chi connectivity index (χ4v) is 1.24. The van der Waals surface area contributed by atoms with Crippen LogP contribution in [-0.2, 0) is 7.05 Å². The number of pyridine rings is 1. The molecule has 0 amide bonds. The van der Waals surface area contributed by atoms with Gasteiger partial charge in [0.1, 0.15) is 11.4 Å². The lowest BCUT2D eigenvalue weighted by atomic mass is 10.3. The van der Waals surface area contributed by atoms with Crippen molar-refractivity contribution in [3.63, 3.8) is 0 Å². The number of hydrogen-bond acceptors (Lipinski definition) is 2. The predicted molar refractivity (Wildman–Crippen MR) is 58.4 cm³/mol. The monoisotopic (exact) mass is 217 g/mol. The van der Waals surface area contributed by atoms with Gasteiger partial charge in [0.15, 0.2) is 0 Å². The van der Waals surface area contributed by atoms with E-state index in [-0.39, 0.29) is 0 Å². The molecule has 0 saturated carbocycles. The summed E-state index contributed by atoms with van der Waals surface area (Å²) in [7, 11) is 1.85. The van der Waals surface area contributed by atoms with Crippen LogP contribution in [0.2, 0.25) is 5.02 Å². The summed E-state index contributed by atoms with van der Waals surface area (Å²) in [4.78, 5) is 4.07. The molecule has 3 nitrogen and oxygen atoms in total. The average Bonchev–Trinajstić information content (AvgIpc) is 2.62. The van der Waals surface area contributed by atoms with E-state index in [0.29, 0.717) is 10.7 Å². The van der Waals surface area contributed by atoms with Crippen molar-refractivity contribution in [2.75, 3.05) is 0 Å². The van der Waals surface area contributed by atoms with E-state index >= 15 is 0 Å². The molecule has 0 saturated heterocycles. The van der Waals surface area contributed by atoms with Crippen molar-refractivity contribution in [2.24, 2.45) is 7.05 Å². The first-order valence-corrected chi connectivity index (χ1v) is 4.75. The molecular formula is C11H8ClN3. The normalized spacial score (nSPS) is 9.47. The van der Waals surface area contributed by atoms with Crippen LogP contribution < -0.4 is 0 Å². The first kappa shape index (κ1) is 9.75. The smallest absolute Gasteiger partial charge is 0.135 e. The number of nitrogens with zero attached hydrogens (tertiary/aromatic N) is 3. The van der Waals surface area contributed by atoms with E-state index in [2.05, 4.69) is 21.9 Å². The van der Waals surface area contributed by atoms with Gasteiger partial charge in [0.2, 0.25) is 0 Å². The van der Waals surface area contributed by atoms with Gasteiger partial charge >= 0.3 is 0 Å². The molecule has 0 N–H and O–H groups in total. The molecule has 2 aromatic rings. The maximum absolute atomic E-state index is 5.80. The van der Waals surface area contributed by atoms with E-state index in [1.54, 1.807) is 23.0 Å². The quantitative estimate of drug-likeness (QED) is 0.631. The van der Waals surface area contributed by atoms with E-state index < -0.39 is 0 Å². The van der Waals surface area contributed by atoms with Gasteiger partial charge in [0.05, 0.1) is 0 Å². The van der Waals surface area contributed by atoms with Crippen molar-refractivity contribution < 1.29 is 0 Å². The molecule has 0 aliphatic carbocycles. The zero-order valence-electron chi connectivity index (χ0n) is 8.11. The fraction of sp³-hybridized carbons (Fsp3) is 0.0909. The molecule has 74 valence electrons. The highest BCUT2D eigenvalue weighted by atomic mass is 35.5. The van der Waals surface area contributed by atoms with Crippen molar-refractivity contribution in [1.29, 1.82) is 0 Å². The van der Waals surface area contributed by atoms with E-state index in [4.69, 9.17) is 11.6 Å². The molecule has 2 heterocycles. The number of hydrogen-bond donors (Lipinski definition) is 0. The van der Waals surface area contributed by atoms with Crippen molar-refractivity contribution in [2.45, 2.75) is 0 Å². The molecule has 0 aliphatic heterocycles. The molecule has 0 bridgehead atoms. The van der Waals surface area contributed by atoms with Gasteiger partial charge in [-0.05, 0) is 30.0 Å². The van der Waals surface area contributed by atoms with Gasteiger partial charge in [-0.2, -0.15) is 5.10 Å². The maximum Gasteiger partial charge on any atom is 0.135 e. The van der Waals surface area contributed by atoms with Crippen molar-refractivity contribution >= 4 is 11.6 Å². The Kier molecular flexibility index (Phi) is 2.70. The Labute approximate surface area is 92.7 Å². The minimum Gasteiger partial charge on any atom is -0.275 e. The minimum atomic E-state index is 0.635. The number of halogens is 1. The Morgan fingerprint density at radius 2 is 2.07 bits per heavy atom. The highest BCUT2D eigenvalue weighted by molar-refractivity contribution is 6.30. The largest absolute Gasteiger partial charge is 0.275 e. The second-order valence-electron chi connectivity index (χ2n) is 2.98. The Hall–Kier alpha value is -1.79. The summed E-state index contributed by atoms with van der Waals surface area (Å²) >= 11 is 5.80. The molecule has 0 spiro atoms. The topological polar surface area (TPSA) is 30.7 Å². The van der Waals surface area contributed by atoms with Crippen LogP contribution >= 0.6 is 11.6 Å². The molecule has 0 aliphatic rings. The molecule has 0 radical (unpaired) electrons. The maximum atomic E-state index is 5.80.